The van der Waals surface area contributed by atoms with Crippen molar-refractivity contribution < 1.29 is 17.2 Å². The van der Waals surface area contributed by atoms with Crippen molar-refractivity contribution in [3.05, 3.63) is 18.5 Å². The number of anilines is 1. The fraction of sp³-hybridized carbons (Fsp3) is 0.700. The van der Waals surface area contributed by atoms with Crippen LogP contribution in [0.15, 0.2) is 18.5 Å². The van der Waals surface area contributed by atoms with Crippen LogP contribution in [0.4, 0.5) is 14.7 Å². The van der Waals surface area contributed by atoms with E-state index in [2.05, 4.69) is 20.6 Å². The molecule has 11 heteroatoms. The van der Waals surface area contributed by atoms with Crippen molar-refractivity contribution in [1.29, 1.82) is 0 Å². The predicted octanol–water partition coefficient (Wildman–Crippen LogP) is 2.01. The van der Waals surface area contributed by atoms with Crippen LogP contribution in [-0.2, 0) is 10.0 Å². The Morgan fingerprint density at radius 2 is 2.00 bits per heavy atom. The molecule has 170 valence electrons. The second-order valence-electron chi connectivity index (χ2n) is 8.78. The van der Waals surface area contributed by atoms with Gasteiger partial charge in [-0.1, -0.05) is 0 Å². The molecular weight excluding hydrogens is 426 g/mol. The van der Waals surface area contributed by atoms with E-state index in [1.165, 1.54) is 4.31 Å². The van der Waals surface area contributed by atoms with Crippen molar-refractivity contribution in [2.45, 2.75) is 61.8 Å². The molecule has 8 nitrogen and oxygen atoms in total. The summed E-state index contributed by atoms with van der Waals surface area (Å²) >= 11 is 0. The minimum Gasteiger partial charge on any atom is -0.348 e. The highest BCUT2D eigenvalue weighted by Gasteiger charge is 2.43. The number of hydrogen-bond acceptors (Lipinski definition) is 6. The number of nitrogens with zero attached hydrogens (tertiary/aromatic N) is 4. The van der Waals surface area contributed by atoms with Crippen molar-refractivity contribution in [2.24, 2.45) is 0 Å². The van der Waals surface area contributed by atoms with Crippen LogP contribution < -0.4 is 10.6 Å². The first-order chi connectivity index (χ1) is 14.9. The van der Waals surface area contributed by atoms with E-state index in [9.17, 15) is 17.2 Å². The minimum atomic E-state index is -3.38. The van der Waals surface area contributed by atoms with E-state index >= 15 is 0 Å². The second-order valence-corrected chi connectivity index (χ2v) is 11.0. The molecule has 3 fully saturated rings. The third-order valence-corrected chi connectivity index (χ3v) is 8.91. The molecule has 4 atom stereocenters. The summed E-state index contributed by atoms with van der Waals surface area (Å²) in [5, 5.41) is 6.63. The average Bonchev–Trinajstić information content (AvgIpc) is 3.56. The van der Waals surface area contributed by atoms with Gasteiger partial charge < -0.3 is 15.2 Å². The van der Waals surface area contributed by atoms with Crippen LogP contribution in [0.2, 0.25) is 0 Å². The van der Waals surface area contributed by atoms with E-state index < -0.39 is 28.4 Å². The summed E-state index contributed by atoms with van der Waals surface area (Å²) in [7, 11) is -3.38. The van der Waals surface area contributed by atoms with Gasteiger partial charge in [-0.3, -0.25) is 0 Å². The topological polar surface area (TPSA) is 92.2 Å². The molecule has 0 radical (unpaired) electrons. The maximum atomic E-state index is 14.8. The van der Waals surface area contributed by atoms with Crippen LogP contribution in [0.3, 0.4) is 0 Å². The molecule has 4 heterocycles. The SMILES string of the molecule is O=S(=O)(C1CC1)N1CC[C@@H](Nc2ncc3ccn([C@H]4CCCNC[C@@H]4F)c3n2)[C@H](F)C1. The molecule has 1 saturated carbocycles. The number of rotatable bonds is 5. The highest BCUT2D eigenvalue weighted by molar-refractivity contribution is 7.90. The first-order valence-corrected chi connectivity index (χ1v) is 12.5. The van der Waals surface area contributed by atoms with E-state index in [0.29, 0.717) is 37.9 Å². The molecule has 5 rings (SSSR count). The molecule has 2 saturated heterocycles. The molecule has 0 bridgehead atoms. The van der Waals surface area contributed by atoms with Crippen LogP contribution in [0.25, 0.3) is 11.0 Å². The minimum absolute atomic E-state index is 0.145. The highest BCUT2D eigenvalue weighted by atomic mass is 32.2. The van der Waals surface area contributed by atoms with Crippen molar-refractivity contribution in [1.82, 2.24) is 24.2 Å². The van der Waals surface area contributed by atoms with Crippen LogP contribution >= 0.6 is 0 Å². The van der Waals surface area contributed by atoms with Gasteiger partial charge in [0, 0.05) is 37.4 Å². The third kappa shape index (κ3) is 4.14. The van der Waals surface area contributed by atoms with Crippen LogP contribution in [0.1, 0.15) is 38.1 Å². The molecule has 31 heavy (non-hydrogen) atoms. The predicted molar refractivity (Wildman–Crippen MR) is 114 cm³/mol. The molecule has 0 spiro atoms. The van der Waals surface area contributed by atoms with Crippen molar-refractivity contribution in [3.8, 4) is 0 Å². The fourth-order valence-corrected chi connectivity index (χ4v) is 6.46. The highest BCUT2D eigenvalue weighted by Crippen LogP contribution is 2.33. The van der Waals surface area contributed by atoms with Gasteiger partial charge in [0.25, 0.3) is 0 Å². The number of nitrogens with one attached hydrogen (secondary N) is 2. The number of alkyl halides is 2. The molecule has 0 aromatic carbocycles. The number of sulfonamides is 1. The zero-order valence-electron chi connectivity index (χ0n) is 17.3. The monoisotopic (exact) mass is 454 g/mol. The van der Waals surface area contributed by atoms with Crippen LogP contribution in [0.5, 0.6) is 0 Å². The Kier molecular flexibility index (Phi) is 5.59. The second kappa shape index (κ2) is 8.25. The number of halogens is 2. The summed E-state index contributed by atoms with van der Waals surface area (Å²) in [5.74, 6) is 0.278. The Labute approximate surface area is 180 Å². The number of fused-ring (bicyclic) bond motifs is 1. The Hall–Kier alpha value is -1.85. The van der Waals surface area contributed by atoms with E-state index in [1.54, 1.807) is 6.20 Å². The standard InChI is InChI=1S/C20H28F2N6O2S/c21-15-11-23-7-1-2-18(15)28-9-5-13-10-24-20(26-19(13)28)25-17-6-8-27(12-16(17)22)31(29,30)14-3-4-14/h5,9-10,14-18,23H,1-4,6-8,11-12H2,(H,24,25,26)/t15-,16+,17+,18-/m0/s1. The Bertz CT molecular complexity index is 1040. The maximum Gasteiger partial charge on any atom is 0.224 e. The zero-order chi connectivity index (χ0) is 21.6. The molecule has 0 unspecified atom stereocenters. The largest absolute Gasteiger partial charge is 0.348 e. The molecule has 0 amide bonds. The molecule has 2 aliphatic heterocycles. The van der Waals surface area contributed by atoms with Crippen LogP contribution in [-0.4, -0.2) is 77.1 Å². The summed E-state index contributed by atoms with van der Waals surface area (Å²) in [6.45, 7) is 1.25. The lowest BCUT2D eigenvalue weighted by atomic mass is 10.1. The van der Waals surface area contributed by atoms with Crippen molar-refractivity contribution in [2.75, 3.05) is 31.5 Å². The van der Waals surface area contributed by atoms with E-state index in [4.69, 9.17) is 0 Å². The normalized spacial score (nSPS) is 30.9. The molecule has 2 aromatic heterocycles. The lowest BCUT2D eigenvalue weighted by molar-refractivity contribution is 0.185. The van der Waals surface area contributed by atoms with Gasteiger partial charge in [0.1, 0.15) is 18.0 Å². The smallest absolute Gasteiger partial charge is 0.224 e. The molecule has 3 aliphatic rings. The first-order valence-electron chi connectivity index (χ1n) is 11.0. The van der Waals surface area contributed by atoms with Gasteiger partial charge >= 0.3 is 0 Å². The summed E-state index contributed by atoms with van der Waals surface area (Å²) in [6, 6.07) is 0.992. The van der Waals surface area contributed by atoms with Gasteiger partial charge in [-0.05, 0) is 44.7 Å². The van der Waals surface area contributed by atoms with Gasteiger partial charge in [-0.2, -0.15) is 9.29 Å². The molecule has 2 aromatic rings. The summed E-state index contributed by atoms with van der Waals surface area (Å²) in [6.07, 6.45) is 4.40. The van der Waals surface area contributed by atoms with Crippen molar-refractivity contribution >= 4 is 27.0 Å². The number of hydrogen-bond donors (Lipinski definition) is 2. The van der Waals surface area contributed by atoms with Crippen molar-refractivity contribution in [3.63, 3.8) is 0 Å². The fourth-order valence-electron chi connectivity index (χ4n) is 4.59. The number of piperidine rings is 1. The molecule has 2 N–H and O–H groups in total. The zero-order valence-corrected chi connectivity index (χ0v) is 18.1. The van der Waals surface area contributed by atoms with E-state index in [0.717, 1.165) is 18.4 Å². The van der Waals surface area contributed by atoms with Gasteiger partial charge in [0.05, 0.1) is 17.3 Å². The van der Waals surface area contributed by atoms with Gasteiger partial charge in [-0.25, -0.2) is 22.2 Å². The Morgan fingerprint density at radius 3 is 2.77 bits per heavy atom. The van der Waals surface area contributed by atoms with Gasteiger partial charge in [0.15, 0.2) is 0 Å². The van der Waals surface area contributed by atoms with E-state index in [-0.39, 0.29) is 30.3 Å². The quantitative estimate of drug-likeness (QED) is 0.718. The average molecular weight is 455 g/mol. The maximum absolute atomic E-state index is 14.8. The third-order valence-electron chi connectivity index (χ3n) is 6.55. The Balaban J connectivity index is 1.32. The molecular formula is C20H28F2N6O2S. The van der Waals surface area contributed by atoms with Gasteiger partial charge in [-0.15, -0.1) is 0 Å². The number of aromatic nitrogens is 3. The summed E-state index contributed by atoms with van der Waals surface area (Å²) < 4.78 is 57.4. The summed E-state index contributed by atoms with van der Waals surface area (Å²) in [5.41, 5.74) is 0.621. The van der Waals surface area contributed by atoms with E-state index in [1.807, 2.05) is 16.8 Å². The lowest BCUT2D eigenvalue weighted by Crippen LogP contribution is -2.50. The lowest BCUT2D eigenvalue weighted by Gasteiger charge is -2.34. The van der Waals surface area contributed by atoms with Gasteiger partial charge in [0.2, 0.25) is 16.0 Å². The summed E-state index contributed by atoms with van der Waals surface area (Å²) in [4.78, 5) is 8.86. The molecule has 1 aliphatic carbocycles. The Morgan fingerprint density at radius 1 is 1.16 bits per heavy atom. The first kappa shape index (κ1) is 21.0. The van der Waals surface area contributed by atoms with Crippen LogP contribution in [0, 0.1) is 0 Å².